The number of benzene rings is 1. The highest BCUT2D eigenvalue weighted by molar-refractivity contribution is 8.00. The molecular formula is C20H26ClN4O2S+. The quantitative estimate of drug-likeness (QED) is 0.502. The predicted molar refractivity (Wildman–Crippen MR) is 114 cm³/mol. The van der Waals surface area contributed by atoms with E-state index in [1.165, 1.54) is 16.7 Å². The Labute approximate surface area is 174 Å². The lowest BCUT2D eigenvalue weighted by Gasteiger charge is -2.15. The molecule has 1 amide bonds. The van der Waals surface area contributed by atoms with E-state index in [2.05, 4.69) is 24.4 Å². The zero-order valence-electron chi connectivity index (χ0n) is 16.3. The Hall–Kier alpha value is -1.83. The van der Waals surface area contributed by atoms with E-state index in [0.29, 0.717) is 22.3 Å². The van der Waals surface area contributed by atoms with Gasteiger partial charge in [0.05, 0.1) is 26.4 Å². The third kappa shape index (κ3) is 5.37. The van der Waals surface area contributed by atoms with Crippen LogP contribution in [0.4, 0.5) is 5.69 Å². The van der Waals surface area contributed by atoms with Gasteiger partial charge in [0.2, 0.25) is 5.91 Å². The molecule has 0 atom stereocenters. The fraction of sp³-hybridized carbons (Fsp3) is 0.450. The molecule has 0 radical (unpaired) electrons. The van der Waals surface area contributed by atoms with Crippen molar-refractivity contribution in [3.63, 3.8) is 0 Å². The van der Waals surface area contributed by atoms with Crippen molar-refractivity contribution >= 4 is 35.0 Å². The van der Waals surface area contributed by atoms with E-state index in [4.69, 9.17) is 11.6 Å². The second-order valence-electron chi connectivity index (χ2n) is 7.29. The maximum absolute atomic E-state index is 12.6. The highest BCUT2D eigenvalue weighted by Gasteiger charge is 2.22. The number of anilines is 1. The SMILES string of the molecule is C[NH+](C)CCCn1c2c(c(SCC(=O)Nc3cccc(Cl)c3)nc1=O)CCC2. The smallest absolute Gasteiger partial charge is 0.340 e. The van der Waals surface area contributed by atoms with Gasteiger partial charge in [-0.15, -0.1) is 0 Å². The number of amides is 1. The van der Waals surface area contributed by atoms with E-state index < -0.39 is 0 Å². The molecule has 1 aliphatic carbocycles. The molecule has 8 heteroatoms. The molecule has 150 valence electrons. The van der Waals surface area contributed by atoms with Crippen molar-refractivity contribution in [2.45, 2.75) is 37.3 Å². The van der Waals surface area contributed by atoms with Crippen LogP contribution in [0.15, 0.2) is 34.1 Å². The lowest BCUT2D eigenvalue weighted by Crippen LogP contribution is -3.05. The lowest BCUT2D eigenvalue weighted by atomic mass is 10.2. The van der Waals surface area contributed by atoms with Crippen LogP contribution in [-0.2, 0) is 24.2 Å². The molecule has 2 aromatic rings. The maximum atomic E-state index is 12.6. The van der Waals surface area contributed by atoms with Crippen LogP contribution >= 0.6 is 23.4 Å². The molecule has 1 aromatic carbocycles. The zero-order chi connectivity index (χ0) is 20.1. The first-order valence-corrected chi connectivity index (χ1v) is 10.9. The number of nitrogens with zero attached hydrogens (tertiary/aromatic N) is 2. The third-order valence-electron chi connectivity index (χ3n) is 4.71. The molecule has 0 saturated heterocycles. The average Bonchev–Trinajstić information content (AvgIpc) is 3.11. The second-order valence-corrected chi connectivity index (χ2v) is 8.69. The summed E-state index contributed by atoms with van der Waals surface area (Å²) in [4.78, 5) is 30.5. The van der Waals surface area contributed by atoms with E-state index in [-0.39, 0.29) is 17.3 Å². The van der Waals surface area contributed by atoms with Crippen LogP contribution in [0, 0.1) is 0 Å². The summed E-state index contributed by atoms with van der Waals surface area (Å²) in [6.07, 6.45) is 3.80. The number of fused-ring (bicyclic) bond motifs is 1. The van der Waals surface area contributed by atoms with Gasteiger partial charge in [-0.2, -0.15) is 4.98 Å². The lowest BCUT2D eigenvalue weighted by molar-refractivity contribution is -0.858. The van der Waals surface area contributed by atoms with Gasteiger partial charge < -0.3 is 10.2 Å². The summed E-state index contributed by atoms with van der Waals surface area (Å²) in [7, 11) is 4.22. The monoisotopic (exact) mass is 421 g/mol. The number of halogens is 1. The van der Waals surface area contributed by atoms with Gasteiger partial charge in [0.25, 0.3) is 0 Å². The van der Waals surface area contributed by atoms with Crippen LogP contribution in [0.5, 0.6) is 0 Å². The highest BCUT2D eigenvalue weighted by atomic mass is 35.5. The molecule has 0 spiro atoms. The van der Waals surface area contributed by atoms with Crippen LogP contribution < -0.4 is 15.9 Å². The van der Waals surface area contributed by atoms with Crippen molar-refractivity contribution in [3.05, 3.63) is 51.0 Å². The summed E-state index contributed by atoms with van der Waals surface area (Å²) in [6, 6.07) is 7.04. The summed E-state index contributed by atoms with van der Waals surface area (Å²) >= 11 is 7.28. The molecule has 0 aliphatic heterocycles. The van der Waals surface area contributed by atoms with Gasteiger partial charge in [0, 0.05) is 34.9 Å². The zero-order valence-corrected chi connectivity index (χ0v) is 17.8. The number of thioether (sulfide) groups is 1. The normalized spacial score (nSPS) is 13.0. The summed E-state index contributed by atoms with van der Waals surface area (Å²) in [5.41, 5.74) is 2.70. The minimum Gasteiger partial charge on any atom is -0.340 e. The molecule has 3 rings (SSSR count). The molecular weight excluding hydrogens is 396 g/mol. The number of hydrogen-bond donors (Lipinski definition) is 2. The third-order valence-corrected chi connectivity index (χ3v) is 5.96. The van der Waals surface area contributed by atoms with Crippen molar-refractivity contribution in [1.82, 2.24) is 9.55 Å². The maximum Gasteiger partial charge on any atom is 0.348 e. The second kappa shape index (κ2) is 9.58. The Morgan fingerprint density at radius 3 is 2.93 bits per heavy atom. The molecule has 0 unspecified atom stereocenters. The Morgan fingerprint density at radius 1 is 1.36 bits per heavy atom. The first-order chi connectivity index (χ1) is 13.4. The Balaban J connectivity index is 1.67. The van der Waals surface area contributed by atoms with E-state index >= 15 is 0 Å². The molecule has 2 N–H and O–H groups in total. The molecule has 1 aliphatic rings. The Kier molecular flexibility index (Phi) is 7.15. The molecule has 1 aromatic heterocycles. The fourth-order valence-corrected chi connectivity index (χ4v) is 4.49. The standard InChI is InChI=1S/C20H25ClN4O2S/c1-24(2)10-5-11-25-17-9-4-8-16(17)19(23-20(25)27)28-13-18(26)22-15-7-3-6-14(21)12-15/h3,6-7,12H,4-5,8-11,13H2,1-2H3,(H,22,26)/p+1. The van der Waals surface area contributed by atoms with Gasteiger partial charge in [-0.3, -0.25) is 9.36 Å². The van der Waals surface area contributed by atoms with Crippen molar-refractivity contribution in [1.29, 1.82) is 0 Å². The van der Waals surface area contributed by atoms with Gasteiger partial charge in [-0.1, -0.05) is 29.4 Å². The number of carbonyl (C=O) groups excluding carboxylic acids is 1. The molecule has 0 fully saturated rings. The number of carbonyl (C=O) groups is 1. The van der Waals surface area contributed by atoms with Gasteiger partial charge in [-0.05, 0) is 37.5 Å². The largest absolute Gasteiger partial charge is 0.348 e. The molecule has 28 heavy (non-hydrogen) atoms. The van der Waals surface area contributed by atoms with Crippen molar-refractivity contribution in [2.75, 3.05) is 31.7 Å². The van der Waals surface area contributed by atoms with Crippen molar-refractivity contribution < 1.29 is 9.69 Å². The van der Waals surface area contributed by atoms with E-state index in [1.807, 2.05) is 4.57 Å². The van der Waals surface area contributed by atoms with Crippen LogP contribution in [0.1, 0.15) is 24.1 Å². The summed E-state index contributed by atoms with van der Waals surface area (Å²) in [6.45, 7) is 1.72. The van der Waals surface area contributed by atoms with Crippen LogP contribution in [-0.4, -0.2) is 41.9 Å². The fourth-order valence-electron chi connectivity index (χ4n) is 3.42. The van der Waals surface area contributed by atoms with Crippen molar-refractivity contribution in [3.8, 4) is 0 Å². The number of aromatic nitrogens is 2. The Morgan fingerprint density at radius 2 is 2.18 bits per heavy atom. The number of nitrogens with one attached hydrogen (secondary N) is 2. The van der Waals surface area contributed by atoms with Gasteiger partial charge in [0.15, 0.2) is 0 Å². The van der Waals surface area contributed by atoms with E-state index in [0.717, 1.165) is 43.5 Å². The average molecular weight is 422 g/mol. The summed E-state index contributed by atoms with van der Waals surface area (Å²) < 4.78 is 1.83. The minimum atomic E-state index is -0.202. The van der Waals surface area contributed by atoms with Crippen LogP contribution in [0.3, 0.4) is 0 Å². The van der Waals surface area contributed by atoms with Crippen LogP contribution in [0.25, 0.3) is 0 Å². The van der Waals surface area contributed by atoms with Gasteiger partial charge in [0.1, 0.15) is 5.03 Å². The number of rotatable bonds is 8. The van der Waals surface area contributed by atoms with Crippen molar-refractivity contribution in [2.24, 2.45) is 0 Å². The van der Waals surface area contributed by atoms with Gasteiger partial charge >= 0.3 is 5.69 Å². The van der Waals surface area contributed by atoms with Gasteiger partial charge in [-0.25, -0.2) is 4.79 Å². The molecule has 0 bridgehead atoms. The molecule has 1 heterocycles. The number of quaternary nitrogens is 1. The highest BCUT2D eigenvalue weighted by Crippen LogP contribution is 2.29. The summed E-state index contributed by atoms with van der Waals surface area (Å²) in [5.74, 6) is 0.0679. The Bertz CT molecular complexity index is 914. The minimum absolute atomic E-state index is 0.140. The predicted octanol–water partition coefficient (Wildman–Crippen LogP) is 1.65. The van der Waals surface area contributed by atoms with E-state index in [9.17, 15) is 9.59 Å². The van der Waals surface area contributed by atoms with Crippen LogP contribution in [0.2, 0.25) is 5.02 Å². The molecule has 0 saturated carbocycles. The molecule has 6 nitrogen and oxygen atoms in total. The topological polar surface area (TPSA) is 68.4 Å². The summed E-state index contributed by atoms with van der Waals surface area (Å²) in [5, 5.41) is 4.10. The van der Waals surface area contributed by atoms with E-state index in [1.54, 1.807) is 24.3 Å². The first-order valence-electron chi connectivity index (χ1n) is 9.54. The number of hydrogen-bond acceptors (Lipinski definition) is 4. The first kappa shape index (κ1) is 20.9.